The third-order valence-corrected chi connectivity index (χ3v) is 7.91. The fraction of sp³-hybridized carbons (Fsp3) is 0.109. The van der Waals surface area contributed by atoms with Crippen LogP contribution in [0.1, 0.15) is 39.5 Å². The average molecular weight is 911 g/mol. The van der Waals surface area contributed by atoms with Gasteiger partial charge in [0.25, 0.3) is 0 Å². The molecular formula is C46H47Cu2N4O8. The van der Waals surface area contributed by atoms with Crippen molar-refractivity contribution in [1.29, 1.82) is 10.8 Å². The second-order valence-corrected chi connectivity index (χ2v) is 11.8. The molecule has 0 saturated carbocycles. The van der Waals surface area contributed by atoms with E-state index in [0.717, 1.165) is 23.6 Å². The van der Waals surface area contributed by atoms with Crippen molar-refractivity contribution in [2.75, 3.05) is 28.4 Å². The number of nitrogens with one attached hydrogen (secondary N) is 2. The molecule has 0 aliphatic carbocycles. The van der Waals surface area contributed by atoms with Gasteiger partial charge in [-0.3, -0.25) is 9.98 Å². The van der Waals surface area contributed by atoms with Gasteiger partial charge in [0.1, 0.15) is 46.0 Å². The SMILES string of the molecule is COc1ccc(/C=N/C(/N=C/c2ccc(OC)cc2O)c2ccccc2)c(O)c1.COc1ccc(C=N)c(O)c1.COc1ccc(C=N)c(O)c1.[CH2-]c1ccccc1.[Cu+].[Cu]. The minimum atomic E-state index is -0.542. The zero-order valence-corrected chi connectivity index (χ0v) is 35.1. The van der Waals surface area contributed by atoms with Crippen LogP contribution < -0.4 is 18.9 Å². The van der Waals surface area contributed by atoms with Crippen LogP contribution >= 0.6 is 0 Å². The van der Waals surface area contributed by atoms with Crippen molar-refractivity contribution in [3.8, 4) is 46.0 Å². The van der Waals surface area contributed by atoms with E-state index in [1.165, 1.54) is 52.7 Å². The first-order valence-corrected chi connectivity index (χ1v) is 17.5. The van der Waals surface area contributed by atoms with Gasteiger partial charge in [-0.25, -0.2) is 0 Å². The summed E-state index contributed by atoms with van der Waals surface area (Å²) in [6.45, 7) is 3.72. The molecule has 0 fully saturated rings. The quantitative estimate of drug-likeness (QED) is 0.0422. The number of phenols is 4. The van der Waals surface area contributed by atoms with Gasteiger partial charge in [-0.15, -0.1) is 12.1 Å². The van der Waals surface area contributed by atoms with Crippen LogP contribution in [-0.2, 0) is 34.1 Å². The van der Waals surface area contributed by atoms with Gasteiger partial charge in [0.05, 0.1) is 28.4 Å². The van der Waals surface area contributed by atoms with Gasteiger partial charge in [0.2, 0.25) is 0 Å². The first kappa shape index (κ1) is 51.3. The Kier molecular flexibility index (Phi) is 23.8. The summed E-state index contributed by atoms with van der Waals surface area (Å²) in [5.41, 5.74) is 4.03. The third kappa shape index (κ3) is 17.0. The molecule has 12 nitrogen and oxygen atoms in total. The monoisotopic (exact) mass is 909 g/mol. The van der Waals surface area contributed by atoms with Gasteiger partial charge in [-0.2, -0.15) is 24.6 Å². The normalized spacial score (nSPS) is 9.88. The van der Waals surface area contributed by atoms with Gasteiger partial charge in [0.15, 0.2) is 6.17 Å². The molecule has 0 atom stereocenters. The van der Waals surface area contributed by atoms with E-state index in [1.807, 2.05) is 60.7 Å². The first-order chi connectivity index (χ1) is 28.0. The summed E-state index contributed by atoms with van der Waals surface area (Å²) in [6, 6.07) is 39.0. The number of aliphatic imine (C=N–C) groups is 2. The predicted octanol–water partition coefficient (Wildman–Crippen LogP) is 9.01. The molecule has 6 N–H and O–H groups in total. The van der Waals surface area contributed by atoms with Gasteiger partial charge < -0.3 is 50.2 Å². The molecule has 0 aliphatic heterocycles. The molecule has 0 spiro atoms. The largest absolute Gasteiger partial charge is 1.00 e. The molecule has 0 bridgehead atoms. The van der Waals surface area contributed by atoms with E-state index in [9.17, 15) is 20.4 Å². The standard InChI is InChI=1S/C23H22N2O4.2C8H9NO2.C7H7.2Cu/c1-28-19-10-8-17(21(26)12-19)14-24-23(16-6-4-3-5-7-16)25-15-18-9-11-20(29-2)13-22(18)27;2*1-11-7-3-2-6(5-9)8(10)4-7;1-7-5-3-2-4-6-7;;/h3-15,23,26-27H,1-2H3;2*2-5,9-10H,1H3;2-6H,1H2;;/q;;;-1;;+1/b24-14+,25-15+;;;;;. The van der Waals surface area contributed by atoms with Crippen molar-refractivity contribution in [2.45, 2.75) is 6.17 Å². The van der Waals surface area contributed by atoms with Crippen LogP contribution in [0.3, 0.4) is 0 Å². The zero-order valence-electron chi connectivity index (χ0n) is 33.2. The number of phenolic OH excluding ortho intramolecular Hbond substituents is 4. The van der Waals surface area contributed by atoms with Crippen LogP contribution in [0.15, 0.2) is 143 Å². The minimum absolute atomic E-state index is 0. The van der Waals surface area contributed by atoms with E-state index >= 15 is 0 Å². The smallest absolute Gasteiger partial charge is 0.507 e. The molecule has 6 aromatic rings. The molecule has 0 aromatic heterocycles. The second-order valence-electron chi connectivity index (χ2n) is 11.8. The summed E-state index contributed by atoms with van der Waals surface area (Å²) >= 11 is 0. The Morgan fingerprint density at radius 1 is 0.483 bits per heavy atom. The molecule has 0 heterocycles. The van der Waals surface area contributed by atoms with E-state index in [4.69, 9.17) is 29.8 Å². The minimum Gasteiger partial charge on any atom is -0.507 e. The number of ether oxygens (including phenoxy) is 4. The zero-order chi connectivity index (χ0) is 42.3. The summed E-state index contributed by atoms with van der Waals surface area (Å²) in [7, 11) is 6.13. The number of methoxy groups -OCH3 is 4. The number of nitrogens with zero attached hydrogens (tertiary/aromatic N) is 2. The maximum absolute atomic E-state index is 10.1. The van der Waals surface area contributed by atoms with Crippen LogP contribution in [0.25, 0.3) is 0 Å². The van der Waals surface area contributed by atoms with E-state index < -0.39 is 6.17 Å². The Hall–Kier alpha value is -6.69. The molecule has 60 heavy (non-hydrogen) atoms. The first-order valence-electron chi connectivity index (χ1n) is 17.5. The molecule has 6 rings (SSSR count). The fourth-order valence-corrected chi connectivity index (χ4v) is 4.68. The summed E-state index contributed by atoms with van der Waals surface area (Å²) < 4.78 is 19.9. The van der Waals surface area contributed by atoms with E-state index in [-0.39, 0.29) is 57.1 Å². The summed E-state index contributed by atoms with van der Waals surface area (Å²) in [4.78, 5) is 9.06. The number of hydrogen-bond donors (Lipinski definition) is 6. The molecule has 0 unspecified atom stereocenters. The average Bonchev–Trinajstić information content (AvgIpc) is 3.25. The van der Waals surface area contributed by atoms with Crippen molar-refractivity contribution in [3.63, 3.8) is 0 Å². The summed E-state index contributed by atoms with van der Waals surface area (Å²) in [5.74, 6) is 2.58. The van der Waals surface area contributed by atoms with Crippen molar-refractivity contribution >= 4 is 24.9 Å². The molecule has 1 radical (unpaired) electrons. The number of benzene rings is 6. The Labute approximate surface area is 371 Å². The number of rotatable bonds is 11. The predicted molar refractivity (Wildman–Crippen MR) is 230 cm³/mol. The van der Waals surface area contributed by atoms with Crippen molar-refractivity contribution < 1.29 is 73.5 Å². The maximum atomic E-state index is 10.1. The topological polar surface area (TPSA) is 190 Å². The van der Waals surface area contributed by atoms with Gasteiger partial charge >= 0.3 is 17.1 Å². The van der Waals surface area contributed by atoms with E-state index in [2.05, 4.69) is 16.9 Å². The molecule has 321 valence electrons. The Balaban J connectivity index is 0.000000474. The van der Waals surface area contributed by atoms with E-state index in [1.54, 1.807) is 61.0 Å². The molecule has 6 aromatic carbocycles. The van der Waals surface area contributed by atoms with Crippen molar-refractivity contribution in [3.05, 3.63) is 174 Å². The van der Waals surface area contributed by atoms with Crippen LogP contribution in [0.2, 0.25) is 0 Å². The van der Waals surface area contributed by atoms with Crippen LogP contribution in [0.5, 0.6) is 46.0 Å². The van der Waals surface area contributed by atoms with Crippen molar-refractivity contribution in [1.82, 2.24) is 0 Å². The van der Waals surface area contributed by atoms with E-state index in [0.29, 0.717) is 45.3 Å². The fourth-order valence-electron chi connectivity index (χ4n) is 4.68. The molecule has 14 heteroatoms. The van der Waals surface area contributed by atoms with Crippen LogP contribution in [0, 0.1) is 17.7 Å². The van der Waals surface area contributed by atoms with Gasteiger partial charge in [-0.05, 0) is 54.1 Å². The maximum Gasteiger partial charge on any atom is 1.00 e. The Morgan fingerprint density at radius 3 is 1.03 bits per heavy atom. The third-order valence-electron chi connectivity index (χ3n) is 7.91. The molecule has 0 amide bonds. The Bertz CT molecular complexity index is 2140. The molecule has 0 saturated heterocycles. The molecular weight excluding hydrogens is 864 g/mol. The number of hydrogen-bond acceptors (Lipinski definition) is 12. The second kappa shape index (κ2) is 27.9. The Morgan fingerprint density at radius 2 is 0.783 bits per heavy atom. The van der Waals surface area contributed by atoms with Crippen molar-refractivity contribution in [2.24, 2.45) is 9.98 Å². The summed E-state index contributed by atoms with van der Waals surface area (Å²) in [6.07, 6.45) is 4.78. The van der Waals surface area contributed by atoms with Gasteiger partial charge in [-0.1, -0.05) is 36.4 Å². The molecule has 0 aliphatic rings. The van der Waals surface area contributed by atoms with Gasteiger partial charge in [0, 0.05) is 88.4 Å². The summed E-state index contributed by atoms with van der Waals surface area (Å²) in [5, 5.41) is 52.4. The van der Waals surface area contributed by atoms with Crippen LogP contribution in [0.4, 0.5) is 0 Å². The number of aromatic hydroxyl groups is 4. The van der Waals surface area contributed by atoms with Crippen LogP contribution in [-0.4, -0.2) is 73.7 Å².